The van der Waals surface area contributed by atoms with Gasteiger partial charge in [-0.15, -0.1) is 0 Å². The highest BCUT2D eigenvalue weighted by atomic mass is 16.5. The lowest BCUT2D eigenvalue weighted by Crippen LogP contribution is -2.47. The van der Waals surface area contributed by atoms with E-state index in [9.17, 15) is 5.11 Å². The number of phenols is 1. The minimum atomic E-state index is -0.915. The van der Waals surface area contributed by atoms with Gasteiger partial charge in [-0.2, -0.15) is 5.43 Å². The van der Waals surface area contributed by atoms with Crippen molar-refractivity contribution in [3.8, 4) is 5.75 Å². The highest BCUT2D eigenvalue weighted by Gasteiger charge is 2.44. The van der Waals surface area contributed by atoms with Crippen molar-refractivity contribution in [2.24, 2.45) is 5.73 Å². The number of nitrogens with two attached hydrogens (primary N) is 1. The van der Waals surface area contributed by atoms with E-state index >= 15 is 0 Å². The van der Waals surface area contributed by atoms with Crippen LogP contribution in [0.1, 0.15) is 5.56 Å². The molecule has 98 valence electrons. The molecule has 5 heteroatoms. The lowest BCUT2D eigenvalue weighted by molar-refractivity contribution is -0.0323. The summed E-state index contributed by atoms with van der Waals surface area (Å²) in [7, 11) is 1.60. The minimum Gasteiger partial charge on any atom is -0.508 e. The average Bonchev–Trinajstić information content (AvgIpc) is 2.74. The van der Waals surface area contributed by atoms with E-state index in [1.807, 2.05) is 29.4 Å². The molecule has 0 bridgehead atoms. The molecule has 1 atom stereocenters. The summed E-state index contributed by atoms with van der Waals surface area (Å²) < 4.78 is 5.64. The molecule has 1 aromatic carbocycles. The second-order valence-electron chi connectivity index (χ2n) is 4.41. The number of allylic oxidation sites excluding steroid dienone is 3. The Hall–Kier alpha value is -2.24. The maximum absolute atomic E-state index is 9.39. The fourth-order valence-electron chi connectivity index (χ4n) is 2.36. The standard InChI is InChI=1S/C14H15N3O2/c1-19-14(10-5-7-11(18)8-6-10)13(15)12-4-2-3-9-17(12)16-14/h2-9,16,18H,15H2,1H3. The average molecular weight is 257 g/mol. The van der Waals surface area contributed by atoms with Gasteiger partial charge in [-0.1, -0.05) is 18.2 Å². The molecule has 0 saturated heterocycles. The number of ether oxygens (including phenoxy) is 1. The van der Waals surface area contributed by atoms with Crippen LogP contribution >= 0.6 is 0 Å². The first-order valence-electron chi connectivity index (χ1n) is 5.94. The first kappa shape index (κ1) is 11.8. The van der Waals surface area contributed by atoms with Crippen LogP contribution < -0.4 is 11.2 Å². The molecule has 0 spiro atoms. The number of hydrogen-bond donors (Lipinski definition) is 3. The number of nitrogens with one attached hydrogen (secondary N) is 1. The summed E-state index contributed by atoms with van der Waals surface area (Å²) in [6.07, 6.45) is 7.63. The molecule has 0 fully saturated rings. The molecule has 0 aromatic heterocycles. The lowest BCUT2D eigenvalue weighted by atomic mass is 9.99. The summed E-state index contributed by atoms with van der Waals surface area (Å²) in [6, 6.07) is 6.79. The largest absolute Gasteiger partial charge is 0.508 e. The topological polar surface area (TPSA) is 70.8 Å². The van der Waals surface area contributed by atoms with Crippen molar-refractivity contribution in [2.75, 3.05) is 7.11 Å². The fraction of sp³-hybridized carbons (Fsp3) is 0.143. The maximum atomic E-state index is 9.39. The van der Waals surface area contributed by atoms with Crippen LogP contribution in [0.4, 0.5) is 0 Å². The van der Waals surface area contributed by atoms with Crippen molar-refractivity contribution >= 4 is 0 Å². The molecule has 4 N–H and O–H groups in total. The first-order chi connectivity index (χ1) is 9.17. The van der Waals surface area contributed by atoms with Crippen LogP contribution in [0, 0.1) is 0 Å². The molecule has 3 rings (SSSR count). The number of phenolic OH excluding ortho intramolecular Hbond substituents is 1. The third-order valence-electron chi connectivity index (χ3n) is 3.37. The number of rotatable bonds is 2. The summed E-state index contributed by atoms with van der Waals surface area (Å²) in [6.45, 7) is 0. The SMILES string of the molecule is COC1(c2ccc(O)cc2)NN2C=CC=CC2=C1N. The first-order valence-corrected chi connectivity index (χ1v) is 5.94. The van der Waals surface area contributed by atoms with Crippen LogP contribution in [0.2, 0.25) is 0 Å². The van der Waals surface area contributed by atoms with Crippen molar-refractivity contribution in [1.82, 2.24) is 10.4 Å². The highest BCUT2D eigenvalue weighted by molar-refractivity contribution is 5.44. The molecule has 1 unspecified atom stereocenters. The van der Waals surface area contributed by atoms with Gasteiger partial charge in [0, 0.05) is 18.9 Å². The van der Waals surface area contributed by atoms with Gasteiger partial charge in [0.05, 0.1) is 11.4 Å². The lowest BCUT2D eigenvalue weighted by Gasteiger charge is -2.31. The molecular weight excluding hydrogens is 242 g/mol. The van der Waals surface area contributed by atoms with Gasteiger partial charge in [-0.25, -0.2) is 0 Å². The Morgan fingerprint density at radius 2 is 2.00 bits per heavy atom. The van der Waals surface area contributed by atoms with Crippen molar-refractivity contribution in [2.45, 2.75) is 5.72 Å². The van der Waals surface area contributed by atoms with E-state index in [0.29, 0.717) is 5.70 Å². The van der Waals surface area contributed by atoms with Crippen molar-refractivity contribution in [3.63, 3.8) is 0 Å². The van der Waals surface area contributed by atoms with E-state index in [1.54, 1.807) is 31.4 Å². The number of nitrogens with zero attached hydrogens (tertiary/aromatic N) is 1. The van der Waals surface area contributed by atoms with Crippen LogP contribution in [-0.2, 0) is 10.5 Å². The van der Waals surface area contributed by atoms with Gasteiger partial charge >= 0.3 is 0 Å². The molecule has 19 heavy (non-hydrogen) atoms. The number of hydrogen-bond acceptors (Lipinski definition) is 5. The molecule has 0 saturated carbocycles. The summed E-state index contributed by atoms with van der Waals surface area (Å²) in [4.78, 5) is 0. The maximum Gasteiger partial charge on any atom is 0.204 e. The van der Waals surface area contributed by atoms with Gasteiger partial charge in [-0.05, 0) is 24.3 Å². The number of fused-ring (bicyclic) bond motifs is 1. The predicted molar refractivity (Wildman–Crippen MR) is 71.3 cm³/mol. The molecule has 2 heterocycles. The van der Waals surface area contributed by atoms with E-state index in [0.717, 1.165) is 11.3 Å². The third-order valence-corrected chi connectivity index (χ3v) is 3.37. The Morgan fingerprint density at radius 3 is 2.63 bits per heavy atom. The predicted octanol–water partition coefficient (Wildman–Crippen LogP) is 1.27. The Kier molecular flexibility index (Phi) is 2.58. The smallest absolute Gasteiger partial charge is 0.204 e. The van der Waals surface area contributed by atoms with Crippen LogP contribution in [-0.4, -0.2) is 17.2 Å². The molecule has 2 aliphatic rings. The van der Waals surface area contributed by atoms with E-state index < -0.39 is 5.72 Å². The van der Waals surface area contributed by atoms with Gasteiger partial charge in [0.25, 0.3) is 0 Å². The van der Waals surface area contributed by atoms with Gasteiger partial charge in [0.2, 0.25) is 5.72 Å². The zero-order chi connectivity index (χ0) is 13.5. The third kappa shape index (κ3) is 1.63. The molecule has 0 amide bonds. The Labute approximate surface area is 111 Å². The monoisotopic (exact) mass is 257 g/mol. The Balaban J connectivity index is 2.11. The van der Waals surface area contributed by atoms with Gasteiger partial charge < -0.3 is 15.6 Å². The number of aromatic hydroxyl groups is 1. The Bertz CT molecular complexity index is 589. The summed E-state index contributed by atoms with van der Waals surface area (Å²) >= 11 is 0. The van der Waals surface area contributed by atoms with E-state index in [2.05, 4.69) is 5.43 Å². The van der Waals surface area contributed by atoms with Crippen LogP contribution in [0.3, 0.4) is 0 Å². The summed E-state index contributed by atoms with van der Waals surface area (Å²) in [5, 5.41) is 11.2. The Morgan fingerprint density at radius 1 is 1.26 bits per heavy atom. The molecule has 5 nitrogen and oxygen atoms in total. The normalized spacial score (nSPS) is 25.0. The van der Waals surface area contributed by atoms with Crippen LogP contribution in [0.25, 0.3) is 0 Å². The fourth-order valence-corrected chi connectivity index (χ4v) is 2.36. The van der Waals surface area contributed by atoms with Gasteiger partial charge in [-0.3, -0.25) is 5.01 Å². The molecule has 2 aliphatic heterocycles. The van der Waals surface area contributed by atoms with Crippen molar-refractivity contribution in [3.05, 3.63) is 65.7 Å². The minimum absolute atomic E-state index is 0.205. The van der Waals surface area contributed by atoms with Crippen molar-refractivity contribution < 1.29 is 9.84 Å². The van der Waals surface area contributed by atoms with E-state index in [4.69, 9.17) is 10.5 Å². The second-order valence-corrected chi connectivity index (χ2v) is 4.41. The number of methoxy groups -OCH3 is 1. The molecule has 0 radical (unpaired) electrons. The second kappa shape index (κ2) is 4.15. The highest BCUT2D eigenvalue weighted by Crippen LogP contribution is 2.37. The molecule has 0 aliphatic carbocycles. The van der Waals surface area contributed by atoms with Gasteiger partial charge in [0.1, 0.15) is 5.75 Å². The number of hydrazine groups is 1. The summed E-state index contributed by atoms with van der Waals surface area (Å²) in [5.74, 6) is 0.205. The van der Waals surface area contributed by atoms with E-state index in [-0.39, 0.29) is 5.75 Å². The van der Waals surface area contributed by atoms with E-state index in [1.165, 1.54) is 0 Å². The zero-order valence-corrected chi connectivity index (χ0v) is 10.5. The molecule has 1 aromatic rings. The zero-order valence-electron chi connectivity index (χ0n) is 10.5. The van der Waals surface area contributed by atoms with Crippen molar-refractivity contribution in [1.29, 1.82) is 0 Å². The summed E-state index contributed by atoms with van der Waals surface area (Å²) in [5.41, 5.74) is 10.8. The van der Waals surface area contributed by atoms with Crippen LogP contribution in [0.15, 0.2) is 60.1 Å². The van der Waals surface area contributed by atoms with Crippen LogP contribution in [0.5, 0.6) is 5.75 Å². The van der Waals surface area contributed by atoms with Gasteiger partial charge in [0.15, 0.2) is 0 Å². The molecular formula is C14H15N3O2. The quantitative estimate of drug-likeness (QED) is 0.744. The number of benzene rings is 1.